The van der Waals surface area contributed by atoms with Gasteiger partial charge in [0.25, 0.3) is 0 Å². The van der Waals surface area contributed by atoms with Crippen molar-refractivity contribution < 1.29 is 0 Å². The van der Waals surface area contributed by atoms with Crippen molar-refractivity contribution in [2.75, 3.05) is 0 Å². The standard InChI is InChI=1S/C13H10N6O/c1-9-11(7-14)12-15-17-18(13(20)19(12)16-9)8-10-5-3-2-4-6-10/h2-6H,8H2,1H3. The Morgan fingerprint density at radius 1 is 1.30 bits per heavy atom. The van der Waals surface area contributed by atoms with Gasteiger partial charge in [0.2, 0.25) is 5.65 Å². The van der Waals surface area contributed by atoms with Crippen LogP contribution in [-0.4, -0.2) is 24.6 Å². The lowest BCUT2D eigenvalue weighted by Gasteiger charge is -2.03. The molecule has 2 aromatic heterocycles. The Labute approximate surface area is 113 Å². The summed E-state index contributed by atoms with van der Waals surface area (Å²) in [5.41, 5.74) is 1.47. The molecule has 0 saturated carbocycles. The zero-order valence-electron chi connectivity index (χ0n) is 10.7. The normalized spacial score (nSPS) is 10.6. The largest absolute Gasteiger partial charge is 0.368 e. The van der Waals surface area contributed by atoms with Crippen molar-refractivity contribution in [3.05, 3.63) is 57.6 Å². The first kappa shape index (κ1) is 12.0. The molecule has 7 nitrogen and oxygen atoms in total. The molecule has 0 unspecified atom stereocenters. The monoisotopic (exact) mass is 266 g/mol. The van der Waals surface area contributed by atoms with E-state index in [1.807, 2.05) is 36.4 Å². The number of fused-ring (bicyclic) bond motifs is 1. The van der Waals surface area contributed by atoms with E-state index in [1.165, 1.54) is 4.68 Å². The molecule has 0 amide bonds. The van der Waals surface area contributed by atoms with Gasteiger partial charge in [0.15, 0.2) is 0 Å². The summed E-state index contributed by atoms with van der Waals surface area (Å²) >= 11 is 0. The number of nitriles is 1. The fourth-order valence-corrected chi connectivity index (χ4v) is 1.97. The molecular weight excluding hydrogens is 256 g/mol. The van der Waals surface area contributed by atoms with E-state index in [-0.39, 0.29) is 11.2 Å². The Kier molecular flexibility index (Phi) is 2.76. The molecule has 98 valence electrons. The van der Waals surface area contributed by atoms with Gasteiger partial charge in [0, 0.05) is 0 Å². The second kappa shape index (κ2) is 4.59. The molecule has 20 heavy (non-hydrogen) atoms. The molecule has 0 N–H and O–H groups in total. The minimum Gasteiger partial charge on any atom is -0.244 e. The van der Waals surface area contributed by atoms with E-state index < -0.39 is 5.69 Å². The maximum Gasteiger partial charge on any atom is 0.368 e. The van der Waals surface area contributed by atoms with Crippen molar-refractivity contribution >= 4 is 5.65 Å². The highest BCUT2D eigenvalue weighted by Crippen LogP contribution is 2.08. The summed E-state index contributed by atoms with van der Waals surface area (Å²) < 4.78 is 2.33. The summed E-state index contributed by atoms with van der Waals surface area (Å²) in [6, 6.07) is 11.4. The van der Waals surface area contributed by atoms with Crippen LogP contribution >= 0.6 is 0 Å². The lowest BCUT2D eigenvalue weighted by molar-refractivity contribution is 0.546. The Morgan fingerprint density at radius 3 is 2.75 bits per heavy atom. The fraction of sp³-hybridized carbons (Fsp3) is 0.154. The minimum absolute atomic E-state index is 0.194. The second-order valence-corrected chi connectivity index (χ2v) is 4.32. The van der Waals surface area contributed by atoms with Crippen LogP contribution in [0.15, 0.2) is 35.1 Å². The van der Waals surface area contributed by atoms with Gasteiger partial charge in [-0.3, -0.25) is 0 Å². The number of rotatable bonds is 2. The summed E-state index contributed by atoms with van der Waals surface area (Å²) in [6.07, 6.45) is 0. The number of hydrogen-bond acceptors (Lipinski definition) is 5. The van der Waals surface area contributed by atoms with Crippen LogP contribution in [-0.2, 0) is 6.54 Å². The number of nitrogens with zero attached hydrogens (tertiary/aromatic N) is 6. The highest BCUT2D eigenvalue weighted by Gasteiger charge is 2.14. The molecule has 0 aliphatic heterocycles. The number of aromatic nitrogens is 5. The van der Waals surface area contributed by atoms with Gasteiger partial charge >= 0.3 is 5.69 Å². The van der Waals surface area contributed by atoms with Gasteiger partial charge < -0.3 is 0 Å². The van der Waals surface area contributed by atoms with Crippen LogP contribution in [0.5, 0.6) is 0 Å². The van der Waals surface area contributed by atoms with Crippen molar-refractivity contribution in [3.8, 4) is 6.07 Å². The van der Waals surface area contributed by atoms with Gasteiger partial charge in [-0.2, -0.15) is 19.6 Å². The highest BCUT2D eigenvalue weighted by atomic mass is 16.2. The van der Waals surface area contributed by atoms with Gasteiger partial charge in [-0.15, -0.1) is 5.10 Å². The van der Waals surface area contributed by atoms with Crippen molar-refractivity contribution in [1.82, 2.24) is 24.6 Å². The molecule has 7 heteroatoms. The Bertz CT molecular complexity index is 871. The molecule has 0 aliphatic carbocycles. The predicted molar refractivity (Wildman–Crippen MR) is 70.0 cm³/mol. The van der Waals surface area contributed by atoms with E-state index in [1.54, 1.807) is 6.92 Å². The van der Waals surface area contributed by atoms with Crippen LogP contribution in [0.25, 0.3) is 5.65 Å². The van der Waals surface area contributed by atoms with E-state index in [0.29, 0.717) is 12.2 Å². The maximum atomic E-state index is 12.3. The van der Waals surface area contributed by atoms with Gasteiger partial charge in [0.05, 0.1) is 12.2 Å². The Balaban J connectivity index is 2.13. The topological polar surface area (TPSA) is 88.9 Å². The lowest BCUT2D eigenvalue weighted by atomic mass is 10.2. The molecular formula is C13H10N6O. The number of aryl methyl sites for hydroxylation is 1. The van der Waals surface area contributed by atoms with Crippen LogP contribution in [0, 0.1) is 18.3 Å². The molecule has 0 radical (unpaired) electrons. The van der Waals surface area contributed by atoms with Gasteiger partial charge in [-0.25, -0.2) is 4.79 Å². The summed E-state index contributed by atoms with van der Waals surface area (Å²) in [5.74, 6) is 0. The number of benzene rings is 1. The van der Waals surface area contributed by atoms with Gasteiger partial charge in [-0.05, 0) is 12.5 Å². The maximum absolute atomic E-state index is 12.3. The first-order chi connectivity index (χ1) is 9.70. The first-order valence-corrected chi connectivity index (χ1v) is 5.98. The smallest absolute Gasteiger partial charge is 0.244 e. The van der Waals surface area contributed by atoms with Gasteiger partial charge in [0.1, 0.15) is 11.6 Å². The SMILES string of the molecule is Cc1nn2c(=O)n(Cc3ccccc3)nnc2c1C#N. The third-order valence-corrected chi connectivity index (χ3v) is 2.97. The first-order valence-electron chi connectivity index (χ1n) is 5.98. The summed E-state index contributed by atoms with van der Waals surface area (Å²) in [6.45, 7) is 1.97. The molecule has 2 heterocycles. The van der Waals surface area contributed by atoms with Crippen LogP contribution < -0.4 is 5.69 Å². The van der Waals surface area contributed by atoms with Gasteiger partial charge in [-0.1, -0.05) is 35.5 Å². The summed E-state index contributed by atoms with van der Waals surface area (Å²) in [7, 11) is 0. The molecule has 0 saturated heterocycles. The summed E-state index contributed by atoms with van der Waals surface area (Å²) in [4.78, 5) is 12.3. The highest BCUT2D eigenvalue weighted by molar-refractivity contribution is 5.55. The zero-order chi connectivity index (χ0) is 14.1. The van der Waals surface area contributed by atoms with E-state index in [2.05, 4.69) is 15.4 Å². The molecule has 0 atom stereocenters. The third kappa shape index (κ3) is 1.83. The van der Waals surface area contributed by atoms with Crippen LogP contribution in [0.1, 0.15) is 16.8 Å². The van der Waals surface area contributed by atoms with Crippen LogP contribution in [0.2, 0.25) is 0 Å². The molecule has 0 spiro atoms. The molecule has 0 bridgehead atoms. The predicted octanol–water partition coefficient (Wildman–Crippen LogP) is 0.514. The van der Waals surface area contributed by atoms with E-state index >= 15 is 0 Å². The minimum atomic E-state index is -0.413. The molecule has 3 aromatic rings. The van der Waals surface area contributed by atoms with Crippen molar-refractivity contribution in [3.63, 3.8) is 0 Å². The third-order valence-electron chi connectivity index (χ3n) is 2.97. The van der Waals surface area contributed by atoms with E-state index in [0.717, 1.165) is 10.1 Å². The fourth-order valence-electron chi connectivity index (χ4n) is 1.97. The summed E-state index contributed by atoms with van der Waals surface area (Å²) in [5, 5.41) is 20.9. The van der Waals surface area contributed by atoms with E-state index in [4.69, 9.17) is 5.26 Å². The Hall–Kier alpha value is -3.01. The van der Waals surface area contributed by atoms with Crippen LogP contribution in [0.4, 0.5) is 0 Å². The van der Waals surface area contributed by atoms with Crippen molar-refractivity contribution in [2.24, 2.45) is 0 Å². The molecule has 1 aromatic carbocycles. The molecule has 0 aliphatic rings. The average Bonchev–Trinajstić information content (AvgIpc) is 2.79. The molecule has 3 rings (SSSR count). The van der Waals surface area contributed by atoms with Crippen molar-refractivity contribution in [2.45, 2.75) is 13.5 Å². The van der Waals surface area contributed by atoms with Crippen molar-refractivity contribution in [1.29, 1.82) is 5.26 Å². The van der Waals surface area contributed by atoms with Crippen LogP contribution in [0.3, 0.4) is 0 Å². The number of hydrogen-bond donors (Lipinski definition) is 0. The zero-order valence-corrected chi connectivity index (χ0v) is 10.7. The Morgan fingerprint density at radius 2 is 2.05 bits per heavy atom. The molecule has 0 fully saturated rings. The quantitative estimate of drug-likeness (QED) is 0.674. The average molecular weight is 266 g/mol. The lowest BCUT2D eigenvalue weighted by Crippen LogP contribution is -2.31. The second-order valence-electron chi connectivity index (χ2n) is 4.32. The van der Waals surface area contributed by atoms with E-state index in [9.17, 15) is 4.79 Å².